The van der Waals surface area contributed by atoms with E-state index in [9.17, 15) is 0 Å². The summed E-state index contributed by atoms with van der Waals surface area (Å²) >= 11 is 0. The Bertz CT molecular complexity index is 437. The molecule has 0 saturated heterocycles. The van der Waals surface area contributed by atoms with Gasteiger partial charge in [0.1, 0.15) is 0 Å². The van der Waals surface area contributed by atoms with Gasteiger partial charge in [-0.05, 0) is 42.7 Å². The summed E-state index contributed by atoms with van der Waals surface area (Å²) in [6.07, 6.45) is 10.1. The molecule has 2 aliphatic carbocycles. The van der Waals surface area contributed by atoms with Crippen LogP contribution in [0.5, 0.6) is 0 Å². The van der Waals surface area contributed by atoms with Crippen LogP contribution < -0.4 is 5.32 Å². The van der Waals surface area contributed by atoms with E-state index in [1.54, 1.807) is 11.1 Å². The maximum Gasteiger partial charge on any atom is 0.0468 e. The molecule has 1 N–H and O–H groups in total. The first-order valence-corrected chi connectivity index (χ1v) is 7.31. The Labute approximate surface area is 110 Å². The third-order valence-corrected chi connectivity index (χ3v) is 4.89. The highest BCUT2D eigenvalue weighted by atomic mass is 15.0. The van der Waals surface area contributed by atoms with Crippen molar-refractivity contribution in [2.45, 2.75) is 44.1 Å². The van der Waals surface area contributed by atoms with Crippen molar-refractivity contribution in [3.63, 3.8) is 0 Å². The van der Waals surface area contributed by atoms with Gasteiger partial charge in [0.2, 0.25) is 0 Å². The van der Waals surface area contributed by atoms with Crippen LogP contribution in [0.2, 0.25) is 0 Å². The molecular weight excluding hydrogens is 218 g/mol. The first kappa shape index (κ1) is 12.0. The summed E-state index contributed by atoms with van der Waals surface area (Å²) in [6, 6.07) is 9.05. The van der Waals surface area contributed by atoms with E-state index in [-0.39, 0.29) is 5.54 Å². The predicted octanol–water partition coefficient (Wildman–Crippen LogP) is 3.79. The van der Waals surface area contributed by atoms with E-state index in [0.717, 1.165) is 12.5 Å². The summed E-state index contributed by atoms with van der Waals surface area (Å²) in [7, 11) is 0. The molecule has 1 heteroatoms. The topological polar surface area (TPSA) is 12.0 Å². The minimum absolute atomic E-state index is 0.237. The van der Waals surface area contributed by atoms with Crippen LogP contribution >= 0.6 is 0 Å². The zero-order chi connectivity index (χ0) is 12.4. The molecule has 0 aromatic heterocycles. The third-order valence-electron chi connectivity index (χ3n) is 4.89. The number of hydrogen-bond donors (Lipinski definition) is 1. The number of benzene rings is 1. The SMILES string of the molecule is C=CCN[C@@]12CCCC[C@@H]1CCc1ccccc12. The Balaban J connectivity index is 2.03. The lowest BCUT2D eigenvalue weighted by molar-refractivity contribution is 0.124. The Morgan fingerprint density at radius 2 is 2.17 bits per heavy atom. The van der Waals surface area contributed by atoms with Crippen molar-refractivity contribution in [1.29, 1.82) is 0 Å². The summed E-state index contributed by atoms with van der Waals surface area (Å²) < 4.78 is 0. The lowest BCUT2D eigenvalue weighted by Gasteiger charge is -2.49. The molecule has 1 fully saturated rings. The molecule has 1 aromatic rings. The Morgan fingerprint density at radius 1 is 1.28 bits per heavy atom. The van der Waals surface area contributed by atoms with Crippen LogP contribution in [0.25, 0.3) is 0 Å². The number of nitrogens with one attached hydrogen (secondary N) is 1. The van der Waals surface area contributed by atoms with E-state index in [0.29, 0.717) is 0 Å². The monoisotopic (exact) mass is 241 g/mol. The largest absolute Gasteiger partial charge is 0.304 e. The molecule has 0 spiro atoms. The lowest BCUT2D eigenvalue weighted by atomic mass is 9.62. The van der Waals surface area contributed by atoms with Gasteiger partial charge in [-0.15, -0.1) is 6.58 Å². The molecule has 0 amide bonds. The Morgan fingerprint density at radius 3 is 3.06 bits per heavy atom. The van der Waals surface area contributed by atoms with E-state index < -0.39 is 0 Å². The number of hydrogen-bond acceptors (Lipinski definition) is 1. The van der Waals surface area contributed by atoms with E-state index in [1.807, 2.05) is 6.08 Å². The average Bonchev–Trinajstić information content (AvgIpc) is 2.45. The standard InChI is InChI=1S/C17H23N/c1-2-13-18-17-12-6-5-8-15(17)11-10-14-7-3-4-9-16(14)17/h2-4,7,9,15,18H,1,5-6,8,10-13H2/t15-,17+/m1/s1. The van der Waals surface area contributed by atoms with Gasteiger partial charge in [0.15, 0.2) is 0 Å². The normalized spacial score (nSPS) is 30.3. The summed E-state index contributed by atoms with van der Waals surface area (Å²) in [5, 5.41) is 3.82. The highest BCUT2D eigenvalue weighted by Crippen LogP contribution is 2.48. The van der Waals surface area contributed by atoms with E-state index >= 15 is 0 Å². The quantitative estimate of drug-likeness (QED) is 0.794. The van der Waals surface area contributed by atoms with Gasteiger partial charge in [0.25, 0.3) is 0 Å². The molecule has 1 aromatic carbocycles. The Kier molecular flexibility index (Phi) is 3.25. The number of rotatable bonds is 3. The number of fused-ring (bicyclic) bond motifs is 3. The smallest absolute Gasteiger partial charge is 0.0468 e. The first-order valence-electron chi connectivity index (χ1n) is 7.31. The van der Waals surface area contributed by atoms with Crippen LogP contribution in [-0.4, -0.2) is 6.54 Å². The molecule has 1 saturated carbocycles. The highest BCUT2D eigenvalue weighted by Gasteiger charge is 2.44. The second-order valence-electron chi connectivity index (χ2n) is 5.78. The highest BCUT2D eigenvalue weighted by molar-refractivity contribution is 5.38. The fourth-order valence-corrected chi connectivity index (χ4v) is 4.08. The fourth-order valence-electron chi connectivity index (χ4n) is 4.08. The van der Waals surface area contributed by atoms with Crippen LogP contribution in [0.3, 0.4) is 0 Å². The van der Waals surface area contributed by atoms with E-state index in [2.05, 4.69) is 36.2 Å². The summed E-state index contributed by atoms with van der Waals surface area (Å²) in [4.78, 5) is 0. The van der Waals surface area contributed by atoms with Crippen LogP contribution in [0.15, 0.2) is 36.9 Å². The average molecular weight is 241 g/mol. The lowest BCUT2D eigenvalue weighted by Crippen LogP contribution is -2.52. The summed E-state index contributed by atoms with van der Waals surface area (Å²) in [6.45, 7) is 4.79. The van der Waals surface area contributed by atoms with E-state index in [1.165, 1.54) is 38.5 Å². The van der Waals surface area contributed by atoms with Crippen molar-refractivity contribution in [2.24, 2.45) is 5.92 Å². The molecule has 96 valence electrons. The molecule has 0 heterocycles. The van der Waals surface area contributed by atoms with Crippen LogP contribution in [0.1, 0.15) is 43.2 Å². The Hall–Kier alpha value is -1.08. The third kappa shape index (κ3) is 1.81. The minimum Gasteiger partial charge on any atom is -0.304 e. The van der Waals surface area contributed by atoms with Crippen LogP contribution in [0.4, 0.5) is 0 Å². The van der Waals surface area contributed by atoms with Gasteiger partial charge in [-0.3, -0.25) is 0 Å². The molecule has 18 heavy (non-hydrogen) atoms. The summed E-state index contributed by atoms with van der Waals surface area (Å²) in [5.74, 6) is 0.820. The number of aryl methyl sites for hydroxylation is 1. The van der Waals surface area contributed by atoms with Gasteiger partial charge in [0, 0.05) is 12.1 Å². The molecule has 2 atom stereocenters. The zero-order valence-electron chi connectivity index (χ0n) is 11.1. The molecule has 1 nitrogen and oxygen atoms in total. The summed E-state index contributed by atoms with van der Waals surface area (Å²) in [5.41, 5.74) is 3.37. The van der Waals surface area contributed by atoms with Gasteiger partial charge in [-0.1, -0.05) is 43.2 Å². The molecule has 0 unspecified atom stereocenters. The second-order valence-corrected chi connectivity index (χ2v) is 5.78. The van der Waals surface area contributed by atoms with Crippen LogP contribution in [-0.2, 0) is 12.0 Å². The van der Waals surface area contributed by atoms with Crippen molar-refractivity contribution in [1.82, 2.24) is 5.32 Å². The van der Waals surface area contributed by atoms with Gasteiger partial charge in [-0.2, -0.15) is 0 Å². The van der Waals surface area contributed by atoms with Gasteiger partial charge in [0.05, 0.1) is 0 Å². The van der Waals surface area contributed by atoms with Gasteiger partial charge < -0.3 is 5.32 Å². The fraction of sp³-hybridized carbons (Fsp3) is 0.529. The first-order chi connectivity index (χ1) is 8.87. The molecule has 0 radical (unpaired) electrons. The van der Waals surface area contributed by atoms with Crippen molar-refractivity contribution >= 4 is 0 Å². The van der Waals surface area contributed by atoms with Gasteiger partial charge >= 0.3 is 0 Å². The molecule has 0 bridgehead atoms. The molecule has 3 rings (SSSR count). The second kappa shape index (κ2) is 4.89. The van der Waals surface area contributed by atoms with Crippen molar-refractivity contribution < 1.29 is 0 Å². The maximum atomic E-state index is 3.87. The molecular formula is C17H23N. The molecule has 2 aliphatic rings. The maximum absolute atomic E-state index is 3.87. The van der Waals surface area contributed by atoms with Crippen LogP contribution in [0, 0.1) is 5.92 Å². The predicted molar refractivity (Wildman–Crippen MR) is 76.6 cm³/mol. The van der Waals surface area contributed by atoms with Crippen molar-refractivity contribution in [3.8, 4) is 0 Å². The van der Waals surface area contributed by atoms with E-state index in [4.69, 9.17) is 0 Å². The van der Waals surface area contributed by atoms with Gasteiger partial charge in [-0.25, -0.2) is 0 Å². The van der Waals surface area contributed by atoms with Crippen molar-refractivity contribution in [2.75, 3.05) is 6.54 Å². The molecule has 0 aliphatic heterocycles. The van der Waals surface area contributed by atoms with Crippen molar-refractivity contribution in [3.05, 3.63) is 48.0 Å². The minimum atomic E-state index is 0.237. The zero-order valence-corrected chi connectivity index (χ0v) is 11.1.